The molecular weight excluding hydrogens is 538 g/mol. The van der Waals surface area contributed by atoms with Crippen LogP contribution in [-0.2, 0) is 19.2 Å². The van der Waals surface area contributed by atoms with Gasteiger partial charge in [0.2, 0.25) is 5.60 Å². The van der Waals surface area contributed by atoms with Crippen LogP contribution in [0.1, 0.15) is 24.7 Å². The van der Waals surface area contributed by atoms with E-state index in [1.54, 1.807) is 6.08 Å². The molecule has 1 atom stereocenters. The van der Waals surface area contributed by atoms with E-state index in [1.807, 2.05) is 31.2 Å². The molecule has 2 aromatic rings. The predicted octanol–water partition coefficient (Wildman–Crippen LogP) is 3.50. The first-order chi connectivity index (χ1) is 14.7. The molecule has 0 amide bonds. The van der Waals surface area contributed by atoms with Gasteiger partial charge in [0.05, 0.1) is 6.54 Å². The van der Waals surface area contributed by atoms with Crippen molar-refractivity contribution in [2.24, 2.45) is 12.0 Å². The van der Waals surface area contributed by atoms with Crippen LogP contribution in [0.4, 0.5) is 13.2 Å². The van der Waals surface area contributed by atoms with E-state index < -0.39 is 24.0 Å². The summed E-state index contributed by atoms with van der Waals surface area (Å²) in [6.45, 7) is 6.41. The van der Waals surface area contributed by atoms with Gasteiger partial charge in [0, 0.05) is 44.5 Å². The third-order valence-electron chi connectivity index (χ3n) is 4.52. The topological polar surface area (TPSA) is 83.7 Å². The van der Waals surface area contributed by atoms with Crippen molar-refractivity contribution in [2.45, 2.75) is 31.7 Å². The number of imidazole rings is 1. The van der Waals surface area contributed by atoms with Gasteiger partial charge in [-0.3, -0.25) is 0 Å². The van der Waals surface area contributed by atoms with Crippen molar-refractivity contribution < 1.29 is 23.0 Å². The Morgan fingerprint density at radius 2 is 2.03 bits per heavy atom. The highest BCUT2D eigenvalue weighted by atomic mass is 127. The summed E-state index contributed by atoms with van der Waals surface area (Å²) in [4.78, 5) is 8.12. The Morgan fingerprint density at radius 1 is 1.31 bits per heavy atom. The first kappa shape index (κ1) is 27.8. The normalized spacial score (nSPS) is 13.6. The minimum atomic E-state index is -4.88. The van der Waals surface area contributed by atoms with Gasteiger partial charge in [-0.05, 0) is 13.0 Å². The molecular formula is C21H29F3IN5O2. The van der Waals surface area contributed by atoms with Gasteiger partial charge in [0.25, 0.3) is 0 Å². The molecule has 3 N–H and O–H groups in total. The van der Waals surface area contributed by atoms with Gasteiger partial charge in [0.1, 0.15) is 18.2 Å². The highest BCUT2D eigenvalue weighted by molar-refractivity contribution is 14.0. The van der Waals surface area contributed by atoms with Crippen LogP contribution in [0.3, 0.4) is 0 Å². The Balaban J connectivity index is 0.00000512. The maximum absolute atomic E-state index is 13.6. The van der Waals surface area contributed by atoms with E-state index in [1.165, 1.54) is 19.4 Å². The van der Waals surface area contributed by atoms with E-state index in [0.29, 0.717) is 24.9 Å². The van der Waals surface area contributed by atoms with Crippen LogP contribution in [-0.4, -0.2) is 46.5 Å². The molecule has 1 unspecified atom stereocenters. The molecule has 0 bridgehead atoms. The quantitative estimate of drug-likeness (QED) is 0.177. The van der Waals surface area contributed by atoms with Crippen molar-refractivity contribution in [3.63, 3.8) is 0 Å². The van der Waals surface area contributed by atoms with Crippen LogP contribution in [0.2, 0.25) is 0 Å². The molecule has 0 aliphatic carbocycles. The number of aliphatic imine (C=N–C) groups is 1. The molecule has 0 fully saturated rings. The third kappa shape index (κ3) is 7.12. The van der Waals surface area contributed by atoms with Gasteiger partial charge in [0.15, 0.2) is 5.96 Å². The fourth-order valence-electron chi connectivity index (χ4n) is 2.94. The monoisotopic (exact) mass is 567 g/mol. The largest absolute Gasteiger partial charge is 0.489 e. The predicted molar refractivity (Wildman–Crippen MR) is 128 cm³/mol. The van der Waals surface area contributed by atoms with Gasteiger partial charge in [-0.25, -0.2) is 9.98 Å². The molecule has 1 aromatic carbocycles. The molecule has 1 heterocycles. The van der Waals surface area contributed by atoms with Crippen LogP contribution < -0.4 is 15.4 Å². The van der Waals surface area contributed by atoms with Gasteiger partial charge in [-0.15, -0.1) is 24.0 Å². The number of ether oxygens (including phenoxy) is 1. The lowest BCUT2D eigenvalue weighted by Gasteiger charge is -2.30. The van der Waals surface area contributed by atoms with Crippen LogP contribution in [0.15, 0.2) is 54.3 Å². The number of hydrogen-bond acceptors (Lipinski definition) is 4. The average molecular weight is 567 g/mol. The summed E-state index contributed by atoms with van der Waals surface area (Å²) in [5.41, 5.74) is -2.26. The minimum Gasteiger partial charge on any atom is -0.489 e. The number of nitrogens with one attached hydrogen (secondary N) is 2. The molecule has 32 heavy (non-hydrogen) atoms. The molecule has 0 saturated carbocycles. The lowest BCUT2D eigenvalue weighted by Crippen LogP contribution is -2.47. The molecule has 0 aliphatic heterocycles. The first-order valence-corrected chi connectivity index (χ1v) is 9.83. The second-order valence-electron chi connectivity index (χ2n) is 6.80. The molecule has 11 heteroatoms. The number of rotatable bonds is 10. The summed E-state index contributed by atoms with van der Waals surface area (Å²) >= 11 is 0. The number of benzene rings is 1. The van der Waals surface area contributed by atoms with Gasteiger partial charge in [-0.1, -0.05) is 30.9 Å². The van der Waals surface area contributed by atoms with Gasteiger partial charge >= 0.3 is 6.18 Å². The molecule has 1 aromatic heterocycles. The van der Waals surface area contributed by atoms with Crippen molar-refractivity contribution in [1.82, 2.24) is 20.2 Å². The fourth-order valence-corrected chi connectivity index (χ4v) is 2.94. The standard InChI is InChI=1S/C21H28F3N5O2.HI/c1-4-14-31-17-9-7-6-8-16(17)15-28-19(25-5-2)27-11-10-20(30,21(22,23)24)18-26-12-13-29(18)3;/h4,6-9,12-13,30H,1,5,10-11,14-15H2,2-3H3,(H2,25,27,28);1H. The Kier molecular flexibility index (Phi) is 11.0. The zero-order valence-electron chi connectivity index (χ0n) is 18.0. The molecule has 0 spiro atoms. The van der Waals surface area contributed by atoms with E-state index >= 15 is 0 Å². The van der Waals surface area contributed by atoms with E-state index in [-0.39, 0.29) is 37.1 Å². The van der Waals surface area contributed by atoms with Crippen molar-refractivity contribution in [3.05, 3.63) is 60.7 Å². The maximum Gasteiger partial charge on any atom is 0.424 e. The van der Waals surface area contributed by atoms with Gasteiger partial charge < -0.3 is 25.0 Å². The summed E-state index contributed by atoms with van der Waals surface area (Å²) in [7, 11) is 1.41. The maximum atomic E-state index is 13.6. The lowest BCUT2D eigenvalue weighted by atomic mass is 9.97. The number of aromatic nitrogens is 2. The van der Waals surface area contributed by atoms with Crippen LogP contribution in [0, 0.1) is 0 Å². The zero-order valence-corrected chi connectivity index (χ0v) is 20.4. The molecule has 0 aliphatic rings. The molecule has 178 valence electrons. The van der Waals surface area contributed by atoms with Gasteiger partial charge in [-0.2, -0.15) is 13.2 Å². The number of aryl methyl sites for hydroxylation is 1. The SMILES string of the molecule is C=CCOc1ccccc1CN=C(NCC)NCCC(O)(c1nccn1C)C(F)(F)F.I. The number of nitrogens with zero attached hydrogens (tertiary/aromatic N) is 3. The zero-order chi connectivity index (χ0) is 22.9. The van der Waals surface area contributed by atoms with E-state index in [2.05, 4.69) is 27.2 Å². The Hall–Kier alpha value is -2.28. The highest BCUT2D eigenvalue weighted by Gasteiger charge is 2.57. The number of hydrogen-bond donors (Lipinski definition) is 3. The Labute approximate surface area is 202 Å². The summed E-state index contributed by atoms with van der Waals surface area (Å²) in [6.07, 6.45) is -1.31. The van der Waals surface area contributed by atoms with Crippen LogP contribution >= 0.6 is 24.0 Å². The molecule has 7 nitrogen and oxygen atoms in total. The summed E-state index contributed by atoms with van der Waals surface area (Å²) in [5, 5.41) is 16.3. The second kappa shape index (κ2) is 12.7. The number of aliphatic hydroxyl groups is 1. The third-order valence-corrected chi connectivity index (χ3v) is 4.52. The minimum absolute atomic E-state index is 0. The van der Waals surface area contributed by atoms with Crippen LogP contribution in [0.5, 0.6) is 5.75 Å². The summed E-state index contributed by atoms with van der Waals surface area (Å²) in [6, 6.07) is 7.35. The molecule has 2 rings (SSSR count). The van der Waals surface area contributed by atoms with E-state index in [0.717, 1.165) is 10.1 Å². The lowest BCUT2D eigenvalue weighted by molar-refractivity contribution is -0.272. The smallest absolute Gasteiger partial charge is 0.424 e. The second-order valence-corrected chi connectivity index (χ2v) is 6.80. The Morgan fingerprint density at radius 3 is 2.62 bits per heavy atom. The van der Waals surface area contributed by atoms with Crippen molar-refractivity contribution in [1.29, 1.82) is 0 Å². The van der Waals surface area contributed by atoms with Crippen molar-refractivity contribution >= 4 is 29.9 Å². The first-order valence-electron chi connectivity index (χ1n) is 9.83. The van der Waals surface area contributed by atoms with Crippen molar-refractivity contribution in [2.75, 3.05) is 19.7 Å². The van der Waals surface area contributed by atoms with E-state index in [4.69, 9.17) is 4.74 Å². The fraction of sp³-hybridized carbons (Fsp3) is 0.429. The number of alkyl halides is 3. The molecule has 0 radical (unpaired) electrons. The summed E-state index contributed by atoms with van der Waals surface area (Å²) < 4.78 is 47.7. The number of guanidine groups is 1. The van der Waals surface area contributed by atoms with Crippen molar-refractivity contribution in [3.8, 4) is 5.75 Å². The highest BCUT2D eigenvalue weighted by Crippen LogP contribution is 2.40. The number of para-hydroxylation sites is 1. The van der Waals surface area contributed by atoms with E-state index in [9.17, 15) is 18.3 Å². The Bertz CT molecular complexity index is 888. The number of halogens is 4. The summed E-state index contributed by atoms with van der Waals surface area (Å²) in [5.74, 6) is 0.519. The average Bonchev–Trinajstić information content (AvgIpc) is 3.16. The van der Waals surface area contributed by atoms with Crippen LogP contribution in [0.25, 0.3) is 0 Å². The molecule has 0 saturated heterocycles.